The van der Waals surface area contributed by atoms with Gasteiger partial charge in [-0.1, -0.05) is 19.8 Å². The fourth-order valence-electron chi connectivity index (χ4n) is 2.29. The molecule has 0 aliphatic rings. The average Bonchev–Trinajstić information content (AvgIpc) is 2.87. The van der Waals surface area contributed by atoms with Crippen LogP contribution in [0.3, 0.4) is 0 Å². The maximum absolute atomic E-state index is 11.1. The fourth-order valence-corrected chi connectivity index (χ4v) is 2.29. The molecule has 22 heavy (non-hydrogen) atoms. The maximum atomic E-state index is 11.1. The standard InChI is InChI=1S/C17H23NO4/c1-4-5-6-7-21-16-9-12(22-11(2)3)8-14-13(16)10-15(18-14)17(19)20/h8-11,18H,4-7H2,1-3H3,(H,19,20). The Morgan fingerprint density at radius 1 is 1.27 bits per heavy atom. The molecule has 5 nitrogen and oxygen atoms in total. The van der Waals surface area contributed by atoms with Gasteiger partial charge in [0.05, 0.1) is 18.2 Å². The van der Waals surface area contributed by atoms with Gasteiger partial charge >= 0.3 is 5.97 Å². The number of rotatable bonds is 8. The lowest BCUT2D eigenvalue weighted by Gasteiger charge is -2.13. The lowest BCUT2D eigenvalue weighted by molar-refractivity contribution is 0.0691. The quantitative estimate of drug-likeness (QED) is 0.716. The van der Waals surface area contributed by atoms with Crippen LogP contribution in [0.4, 0.5) is 0 Å². The molecule has 0 aliphatic heterocycles. The molecule has 0 spiro atoms. The number of aromatic carboxylic acids is 1. The number of hydrogen-bond acceptors (Lipinski definition) is 3. The number of ether oxygens (including phenoxy) is 2. The van der Waals surface area contributed by atoms with Gasteiger partial charge in [-0.15, -0.1) is 0 Å². The number of carboxylic acids is 1. The van der Waals surface area contributed by atoms with Crippen LogP contribution in [0.2, 0.25) is 0 Å². The van der Waals surface area contributed by atoms with Crippen molar-refractivity contribution >= 4 is 16.9 Å². The molecule has 0 fully saturated rings. The predicted octanol–water partition coefficient (Wildman–Crippen LogP) is 4.22. The van der Waals surface area contributed by atoms with Crippen molar-refractivity contribution in [1.82, 2.24) is 4.98 Å². The summed E-state index contributed by atoms with van der Waals surface area (Å²) in [6, 6.07) is 5.24. The molecule has 0 saturated carbocycles. The van der Waals surface area contributed by atoms with E-state index >= 15 is 0 Å². The van der Waals surface area contributed by atoms with E-state index in [-0.39, 0.29) is 11.8 Å². The highest BCUT2D eigenvalue weighted by Gasteiger charge is 2.14. The molecule has 0 atom stereocenters. The number of aromatic amines is 1. The summed E-state index contributed by atoms with van der Waals surface area (Å²) in [7, 11) is 0. The lowest BCUT2D eigenvalue weighted by atomic mass is 10.2. The molecular weight excluding hydrogens is 282 g/mol. The molecule has 0 unspecified atom stereocenters. The lowest BCUT2D eigenvalue weighted by Crippen LogP contribution is -2.06. The number of nitrogens with one attached hydrogen (secondary N) is 1. The van der Waals surface area contributed by atoms with Gasteiger partial charge in [-0.3, -0.25) is 0 Å². The van der Waals surface area contributed by atoms with Crippen LogP contribution in [0.1, 0.15) is 50.5 Å². The topological polar surface area (TPSA) is 71.5 Å². The second kappa shape index (κ2) is 7.20. The van der Waals surface area contributed by atoms with E-state index in [0.717, 1.165) is 24.6 Å². The van der Waals surface area contributed by atoms with E-state index in [1.165, 1.54) is 0 Å². The number of fused-ring (bicyclic) bond motifs is 1. The van der Waals surface area contributed by atoms with Crippen LogP contribution in [0.5, 0.6) is 11.5 Å². The summed E-state index contributed by atoms with van der Waals surface area (Å²) in [4.78, 5) is 14.0. The summed E-state index contributed by atoms with van der Waals surface area (Å²) in [6.07, 6.45) is 3.25. The highest BCUT2D eigenvalue weighted by atomic mass is 16.5. The molecule has 1 aromatic heterocycles. The molecule has 0 radical (unpaired) electrons. The third-order valence-electron chi connectivity index (χ3n) is 3.28. The highest BCUT2D eigenvalue weighted by molar-refractivity contribution is 5.96. The number of aromatic nitrogens is 1. The molecule has 1 heterocycles. The summed E-state index contributed by atoms with van der Waals surface area (Å²) < 4.78 is 11.6. The van der Waals surface area contributed by atoms with Crippen molar-refractivity contribution in [2.24, 2.45) is 0 Å². The second-order valence-corrected chi connectivity index (χ2v) is 5.59. The molecule has 2 aromatic rings. The Morgan fingerprint density at radius 3 is 2.68 bits per heavy atom. The summed E-state index contributed by atoms with van der Waals surface area (Å²) in [5.74, 6) is 0.347. The third-order valence-corrected chi connectivity index (χ3v) is 3.28. The van der Waals surface area contributed by atoms with Crippen LogP contribution in [-0.4, -0.2) is 28.8 Å². The van der Waals surface area contributed by atoms with Gasteiger partial charge in [-0.05, 0) is 26.3 Å². The van der Waals surface area contributed by atoms with Crippen molar-refractivity contribution < 1.29 is 19.4 Å². The summed E-state index contributed by atoms with van der Waals surface area (Å²) >= 11 is 0. The van der Waals surface area contributed by atoms with Crippen LogP contribution in [0.25, 0.3) is 10.9 Å². The molecular formula is C17H23NO4. The Kier molecular flexibility index (Phi) is 5.31. The zero-order valence-corrected chi connectivity index (χ0v) is 13.3. The van der Waals surface area contributed by atoms with Crippen molar-refractivity contribution in [2.75, 3.05) is 6.61 Å². The summed E-state index contributed by atoms with van der Waals surface area (Å²) in [5, 5.41) is 9.90. The Hall–Kier alpha value is -2.17. The number of benzene rings is 1. The molecule has 0 bridgehead atoms. The van der Waals surface area contributed by atoms with Gasteiger partial charge < -0.3 is 19.6 Å². The van der Waals surface area contributed by atoms with E-state index in [1.807, 2.05) is 19.9 Å². The van der Waals surface area contributed by atoms with Crippen molar-refractivity contribution in [1.29, 1.82) is 0 Å². The van der Waals surface area contributed by atoms with Crippen molar-refractivity contribution in [3.8, 4) is 11.5 Å². The SMILES string of the molecule is CCCCCOc1cc(OC(C)C)cc2[nH]c(C(=O)O)cc12. The monoisotopic (exact) mass is 305 g/mol. The maximum Gasteiger partial charge on any atom is 0.352 e. The molecule has 0 saturated heterocycles. The first-order chi connectivity index (χ1) is 10.5. The van der Waals surface area contributed by atoms with Crippen LogP contribution in [-0.2, 0) is 0 Å². The van der Waals surface area contributed by atoms with Crippen molar-refractivity contribution in [2.45, 2.75) is 46.1 Å². The van der Waals surface area contributed by atoms with Crippen molar-refractivity contribution in [3.05, 3.63) is 23.9 Å². The van der Waals surface area contributed by atoms with E-state index in [2.05, 4.69) is 11.9 Å². The van der Waals surface area contributed by atoms with Gasteiger partial charge in [0.25, 0.3) is 0 Å². The largest absolute Gasteiger partial charge is 0.493 e. The van der Waals surface area contributed by atoms with E-state index in [9.17, 15) is 4.79 Å². The Balaban J connectivity index is 2.33. The second-order valence-electron chi connectivity index (χ2n) is 5.59. The van der Waals surface area contributed by atoms with Crippen LogP contribution in [0, 0.1) is 0 Å². The van der Waals surface area contributed by atoms with E-state index < -0.39 is 5.97 Å². The zero-order valence-electron chi connectivity index (χ0n) is 13.3. The van der Waals surface area contributed by atoms with Gasteiger partial charge in [-0.25, -0.2) is 4.79 Å². The molecule has 2 rings (SSSR count). The van der Waals surface area contributed by atoms with Crippen LogP contribution < -0.4 is 9.47 Å². The van der Waals surface area contributed by atoms with Gasteiger partial charge in [0.15, 0.2) is 0 Å². The molecule has 120 valence electrons. The Morgan fingerprint density at radius 2 is 2.05 bits per heavy atom. The minimum Gasteiger partial charge on any atom is -0.493 e. The van der Waals surface area contributed by atoms with E-state index in [4.69, 9.17) is 14.6 Å². The predicted molar refractivity (Wildman–Crippen MR) is 86.0 cm³/mol. The van der Waals surface area contributed by atoms with Crippen molar-refractivity contribution in [3.63, 3.8) is 0 Å². The van der Waals surface area contributed by atoms with Gasteiger partial charge in [0.2, 0.25) is 0 Å². The minimum absolute atomic E-state index is 0.0410. The number of carboxylic acid groups (broad SMARTS) is 1. The first kappa shape index (κ1) is 16.2. The van der Waals surface area contributed by atoms with Crippen LogP contribution in [0.15, 0.2) is 18.2 Å². The Bertz CT molecular complexity index is 645. The number of H-pyrrole nitrogens is 1. The highest BCUT2D eigenvalue weighted by Crippen LogP contribution is 2.32. The number of hydrogen-bond donors (Lipinski definition) is 2. The molecule has 1 aromatic carbocycles. The molecule has 0 amide bonds. The molecule has 5 heteroatoms. The first-order valence-electron chi connectivity index (χ1n) is 7.70. The minimum atomic E-state index is -0.987. The number of unbranched alkanes of at least 4 members (excludes halogenated alkanes) is 2. The van der Waals surface area contributed by atoms with Gasteiger partial charge in [0, 0.05) is 17.5 Å². The Labute approximate surface area is 130 Å². The number of carbonyl (C=O) groups is 1. The van der Waals surface area contributed by atoms with Gasteiger partial charge in [-0.2, -0.15) is 0 Å². The fraction of sp³-hybridized carbons (Fsp3) is 0.471. The molecule has 2 N–H and O–H groups in total. The van der Waals surface area contributed by atoms with E-state index in [1.54, 1.807) is 12.1 Å². The third kappa shape index (κ3) is 3.93. The van der Waals surface area contributed by atoms with Crippen LogP contribution >= 0.6 is 0 Å². The summed E-state index contributed by atoms with van der Waals surface area (Å²) in [6.45, 7) is 6.65. The average molecular weight is 305 g/mol. The zero-order chi connectivity index (χ0) is 16.1. The summed E-state index contributed by atoms with van der Waals surface area (Å²) in [5.41, 5.74) is 0.858. The van der Waals surface area contributed by atoms with E-state index in [0.29, 0.717) is 23.6 Å². The smallest absolute Gasteiger partial charge is 0.352 e. The first-order valence-corrected chi connectivity index (χ1v) is 7.70. The molecule has 0 aliphatic carbocycles. The normalized spacial score (nSPS) is 11.1. The van der Waals surface area contributed by atoms with Gasteiger partial charge in [0.1, 0.15) is 17.2 Å².